The van der Waals surface area contributed by atoms with Crippen molar-refractivity contribution in [2.45, 2.75) is 9.84 Å². The summed E-state index contributed by atoms with van der Waals surface area (Å²) in [6.45, 7) is 0. The molecular weight excluding hydrogens is 329 g/mol. The second kappa shape index (κ2) is 4.30. The quantitative estimate of drug-likeness (QED) is 0.574. The molecule has 2 atom stereocenters. The molecule has 1 nitrogen and oxygen atoms in total. The highest BCUT2D eigenvalue weighted by Crippen LogP contribution is 2.29. The highest BCUT2D eigenvalue weighted by molar-refractivity contribution is 14.1. The number of aromatic nitrogens is 1. The smallest absolute Gasteiger partial charge is 0.0805 e. The molecule has 1 aromatic carbocycles. The van der Waals surface area contributed by atoms with Gasteiger partial charge < -0.3 is 0 Å². The minimum absolute atomic E-state index is 0.481. The van der Waals surface area contributed by atoms with Gasteiger partial charge >= 0.3 is 0 Å². The van der Waals surface area contributed by atoms with E-state index in [0.717, 1.165) is 5.35 Å². The zero-order chi connectivity index (χ0) is 11.0. The topological polar surface area (TPSA) is 12.9 Å². The number of halogens is 1. The second-order valence-corrected chi connectivity index (χ2v) is 6.14. The van der Waals surface area contributed by atoms with Crippen molar-refractivity contribution in [3.8, 4) is 0 Å². The van der Waals surface area contributed by atoms with Gasteiger partial charge in [-0.3, -0.25) is 0 Å². The van der Waals surface area contributed by atoms with Gasteiger partial charge in [0.1, 0.15) is 0 Å². The van der Waals surface area contributed by atoms with Gasteiger partial charge in [-0.15, -0.1) is 11.3 Å². The molecule has 0 amide bonds. The van der Waals surface area contributed by atoms with Crippen LogP contribution in [-0.2, 0) is 0 Å². The lowest BCUT2D eigenvalue weighted by molar-refractivity contribution is 0.959. The molecule has 1 aromatic heterocycles. The van der Waals surface area contributed by atoms with Crippen molar-refractivity contribution in [3.63, 3.8) is 0 Å². The van der Waals surface area contributed by atoms with Gasteiger partial charge in [0.25, 0.3) is 0 Å². The molecule has 3 heteroatoms. The number of hydrogen-bond acceptors (Lipinski definition) is 2. The normalized spacial score (nSPS) is 23.1. The Labute approximate surface area is 112 Å². The fraction of sp³-hybridized carbons (Fsp3) is 0.154. The Hall–Kier alpha value is -0.680. The Kier molecular flexibility index (Phi) is 2.81. The third-order valence-electron chi connectivity index (χ3n) is 2.80. The van der Waals surface area contributed by atoms with Crippen LogP contribution in [0.5, 0.6) is 0 Å². The van der Waals surface area contributed by atoms with Crippen LogP contribution < -0.4 is 9.88 Å². The molecule has 1 aliphatic carbocycles. The summed E-state index contributed by atoms with van der Waals surface area (Å²) >= 11 is 4.22. The predicted molar refractivity (Wildman–Crippen MR) is 77.3 cm³/mol. The highest BCUT2D eigenvalue weighted by atomic mass is 127. The maximum Gasteiger partial charge on any atom is 0.0805 e. The van der Waals surface area contributed by atoms with E-state index >= 15 is 0 Å². The van der Waals surface area contributed by atoms with Crippen LogP contribution in [0.3, 0.4) is 0 Å². The summed E-state index contributed by atoms with van der Waals surface area (Å²) in [6.07, 6.45) is 4.61. The van der Waals surface area contributed by atoms with Crippen LogP contribution in [0.2, 0.25) is 0 Å². The lowest BCUT2D eigenvalue weighted by Crippen LogP contribution is -2.30. The lowest BCUT2D eigenvalue weighted by Gasteiger charge is -2.18. The van der Waals surface area contributed by atoms with E-state index in [-0.39, 0.29) is 0 Å². The van der Waals surface area contributed by atoms with E-state index < -0.39 is 0 Å². The zero-order valence-electron chi connectivity index (χ0n) is 8.51. The molecular formula is C13H10INS. The van der Waals surface area contributed by atoms with Crippen molar-refractivity contribution in [2.75, 3.05) is 0 Å². The van der Waals surface area contributed by atoms with Gasteiger partial charge in [-0.2, -0.15) is 0 Å². The van der Waals surface area contributed by atoms with Gasteiger partial charge in [0.2, 0.25) is 0 Å². The average Bonchev–Trinajstić information content (AvgIpc) is 2.76. The summed E-state index contributed by atoms with van der Waals surface area (Å²) in [7, 11) is 0. The molecule has 1 heterocycles. The number of rotatable bonds is 1. The van der Waals surface area contributed by atoms with Crippen LogP contribution >= 0.6 is 33.9 Å². The number of thiazole rings is 1. The molecule has 1 aliphatic rings. The standard InChI is InChI=1S/C13H10INS/c14-11-7-12-13(16-8-15-12)6-10(11)9-4-2-1-3-5-9/h1-8,10-11H. The molecule has 0 saturated heterocycles. The predicted octanol–water partition coefficient (Wildman–Crippen LogP) is 2.31. The molecule has 0 saturated carbocycles. The molecule has 0 aliphatic heterocycles. The Morgan fingerprint density at radius 3 is 2.75 bits per heavy atom. The molecule has 3 rings (SSSR count). The van der Waals surface area contributed by atoms with E-state index in [1.54, 1.807) is 11.3 Å². The monoisotopic (exact) mass is 339 g/mol. The van der Waals surface area contributed by atoms with Gasteiger partial charge in [-0.25, -0.2) is 4.98 Å². The minimum Gasteiger partial charge on any atom is -0.245 e. The van der Waals surface area contributed by atoms with E-state index in [1.807, 2.05) is 5.51 Å². The maximum atomic E-state index is 4.36. The van der Waals surface area contributed by atoms with E-state index in [9.17, 15) is 0 Å². The van der Waals surface area contributed by atoms with Crippen LogP contribution in [0.1, 0.15) is 11.5 Å². The van der Waals surface area contributed by atoms with Crippen molar-refractivity contribution in [2.24, 2.45) is 0 Å². The Bertz CT molecular complexity index is 602. The Morgan fingerprint density at radius 2 is 1.94 bits per heavy atom. The molecule has 0 fully saturated rings. The largest absolute Gasteiger partial charge is 0.245 e. The fourth-order valence-electron chi connectivity index (χ4n) is 1.98. The molecule has 2 unspecified atom stereocenters. The summed E-state index contributed by atoms with van der Waals surface area (Å²) in [5.41, 5.74) is 3.31. The highest BCUT2D eigenvalue weighted by Gasteiger charge is 2.19. The lowest BCUT2D eigenvalue weighted by atomic mass is 9.93. The Morgan fingerprint density at radius 1 is 1.12 bits per heavy atom. The summed E-state index contributed by atoms with van der Waals surface area (Å²) in [5.74, 6) is 0.481. The molecule has 0 radical (unpaired) electrons. The Balaban J connectivity index is 2.12. The average molecular weight is 339 g/mol. The van der Waals surface area contributed by atoms with Crippen LogP contribution in [0.15, 0.2) is 35.8 Å². The fourth-order valence-corrected chi connectivity index (χ4v) is 3.69. The summed E-state index contributed by atoms with van der Waals surface area (Å²) in [4.78, 5) is 4.36. The van der Waals surface area contributed by atoms with Crippen molar-refractivity contribution >= 4 is 46.1 Å². The third kappa shape index (κ3) is 1.82. The minimum atomic E-state index is 0.481. The maximum absolute atomic E-state index is 4.36. The zero-order valence-corrected chi connectivity index (χ0v) is 11.5. The van der Waals surface area contributed by atoms with Gasteiger partial charge in [0, 0.05) is 9.84 Å². The van der Waals surface area contributed by atoms with Gasteiger partial charge in [-0.1, -0.05) is 59.0 Å². The van der Waals surface area contributed by atoms with Crippen LogP contribution in [0.4, 0.5) is 0 Å². The van der Waals surface area contributed by atoms with E-state index in [0.29, 0.717) is 9.84 Å². The third-order valence-corrected chi connectivity index (χ3v) is 4.74. The van der Waals surface area contributed by atoms with Crippen LogP contribution in [0.25, 0.3) is 12.2 Å². The van der Waals surface area contributed by atoms with E-state index in [4.69, 9.17) is 0 Å². The molecule has 0 bridgehead atoms. The molecule has 2 aromatic rings. The van der Waals surface area contributed by atoms with Gasteiger partial charge in [0.15, 0.2) is 0 Å². The number of nitrogens with zero attached hydrogens (tertiary/aromatic N) is 1. The van der Waals surface area contributed by atoms with Gasteiger partial charge in [0.05, 0.1) is 15.4 Å². The van der Waals surface area contributed by atoms with Crippen molar-refractivity contribution in [1.82, 2.24) is 4.98 Å². The van der Waals surface area contributed by atoms with Crippen LogP contribution in [0, 0.1) is 0 Å². The first-order valence-electron chi connectivity index (χ1n) is 5.17. The molecule has 80 valence electrons. The second-order valence-electron chi connectivity index (χ2n) is 3.82. The summed E-state index contributed by atoms with van der Waals surface area (Å²) in [6, 6.07) is 10.7. The first kappa shape index (κ1) is 10.5. The van der Waals surface area contributed by atoms with E-state index in [2.05, 4.69) is 70.1 Å². The number of fused-ring (bicyclic) bond motifs is 1. The van der Waals surface area contributed by atoms with Crippen molar-refractivity contribution in [1.29, 1.82) is 0 Å². The van der Waals surface area contributed by atoms with Crippen LogP contribution in [-0.4, -0.2) is 8.91 Å². The first-order valence-corrected chi connectivity index (χ1v) is 7.29. The first-order chi connectivity index (χ1) is 7.84. The molecule has 0 N–H and O–H groups in total. The number of alkyl halides is 1. The van der Waals surface area contributed by atoms with E-state index in [1.165, 1.54) is 10.1 Å². The number of hydrogen-bond donors (Lipinski definition) is 0. The molecule has 0 spiro atoms. The van der Waals surface area contributed by atoms with Crippen molar-refractivity contribution in [3.05, 3.63) is 51.3 Å². The number of benzene rings is 1. The molecule has 16 heavy (non-hydrogen) atoms. The van der Waals surface area contributed by atoms with Crippen molar-refractivity contribution < 1.29 is 0 Å². The van der Waals surface area contributed by atoms with Gasteiger partial charge in [-0.05, 0) is 11.6 Å². The SMILES string of the molecule is IC1C=c2ncsc2=CC1c1ccccc1. The summed E-state index contributed by atoms with van der Waals surface area (Å²) in [5, 5.41) is 1.15. The summed E-state index contributed by atoms with van der Waals surface area (Å²) < 4.78 is 1.80.